The fourth-order valence-electron chi connectivity index (χ4n) is 1.88. The average molecular weight is 339 g/mol. The van der Waals surface area contributed by atoms with Gasteiger partial charge in [0, 0.05) is 39.1 Å². The van der Waals surface area contributed by atoms with Crippen LogP contribution in [0.1, 0.15) is 41.5 Å². The van der Waals surface area contributed by atoms with E-state index in [0.29, 0.717) is 0 Å². The Morgan fingerprint density at radius 1 is 0.500 bits per heavy atom. The lowest BCUT2D eigenvalue weighted by Crippen LogP contribution is -2.43. The van der Waals surface area contributed by atoms with Crippen LogP contribution >= 0.6 is 0 Å². The second-order valence-corrected chi connectivity index (χ2v) is 7.64. The van der Waals surface area contributed by atoms with Crippen molar-refractivity contribution >= 4 is 9.53 Å². The third kappa shape index (κ3) is 8.01. The van der Waals surface area contributed by atoms with E-state index in [1.165, 1.54) is 0 Å². The third-order valence-electron chi connectivity index (χ3n) is 3.07. The molecule has 0 aliphatic heterocycles. The Morgan fingerprint density at radius 3 is 0.864 bits per heavy atom. The Balaban J connectivity index is 4.95. The van der Waals surface area contributed by atoms with Crippen molar-refractivity contribution in [1.29, 1.82) is 0 Å². The van der Waals surface area contributed by atoms with Crippen LogP contribution in [0.3, 0.4) is 0 Å². The highest BCUT2D eigenvalue weighted by Crippen LogP contribution is 2.18. The molecule has 7 heteroatoms. The zero-order valence-electron chi connectivity index (χ0n) is 15.5. The molecule has 0 aromatic rings. The number of hydrogen-bond donors (Lipinski definition) is 0. The van der Waals surface area contributed by atoms with Crippen LogP contribution < -0.4 is 0 Å². The third-order valence-corrected chi connectivity index (χ3v) is 4.54. The fourth-order valence-corrected chi connectivity index (χ4v) is 4.00. The summed E-state index contributed by atoms with van der Waals surface area (Å²) < 4.78 is 33.9. The minimum atomic E-state index is -2.50. The van der Waals surface area contributed by atoms with Crippen molar-refractivity contribution in [2.45, 2.75) is 60.4 Å². The largest absolute Gasteiger partial charge is 0.490 e. The van der Waals surface area contributed by atoms with Crippen LogP contribution in [0.15, 0.2) is 0 Å². The number of methoxy groups -OCH3 is 3. The quantitative estimate of drug-likeness (QED) is 0.403. The lowest BCUT2D eigenvalue weighted by atomic mass is 10.2. The summed E-state index contributed by atoms with van der Waals surface area (Å²) in [5.41, 5.74) is 0. The number of rotatable bonds is 12. The van der Waals surface area contributed by atoms with E-state index in [2.05, 4.69) is 0 Å². The van der Waals surface area contributed by atoms with Gasteiger partial charge in [-0.2, -0.15) is 0 Å². The highest BCUT2D eigenvalue weighted by molar-refractivity contribution is 6.36. The molecule has 0 aliphatic carbocycles. The normalized spacial score (nSPS) is 18.0. The molecule has 3 unspecified atom stereocenters. The summed E-state index contributed by atoms with van der Waals surface area (Å²) in [4.78, 5) is 0. The molecule has 0 bridgehead atoms. The molecule has 0 aromatic heterocycles. The average Bonchev–Trinajstić information content (AvgIpc) is 2.45. The van der Waals surface area contributed by atoms with Crippen molar-refractivity contribution in [3.63, 3.8) is 0 Å². The molecule has 0 fully saturated rings. The van der Waals surface area contributed by atoms with Crippen molar-refractivity contribution in [1.82, 2.24) is 0 Å². The Bertz CT molecular complexity index is 232. The summed E-state index contributed by atoms with van der Waals surface area (Å²) in [6.45, 7) is 12.1. The molecule has 0 spiro atoms. The second-order valence-electron chi connectivity index (χ2n) is 6.24. The predicted molar refractivity (Wildman–Crippen MR) is 87.3 cm³/mol. The molecule has 0 saturated carbocycles. The Kier molecular flexibility index (Phi) is 11.5. The van der Waals surface area contributed by atoms with Crippen LogP contribution in [-0.4, -0.2) is 49.7 Å². The minimum Gasteiger partial charge on any atom is -0.357 e. The lowest BCUT2D eigenvalue weighted by molar-refractivity contribution is -0.184. The van der Waals surface area contributed by atoms with E-state index in [4.69, 9.17) is 27.5 Å². The molecule has 0 rings (SSSR count). The molecule has 0 heterocycles. The zero-order valence-corrected chi connectivity index (χ0v) is 16.6. The van der Waals surface area contributed by atoms with E-state index >= 15 is 0 Å². The van der Waals surface area contributed by atoms with Gasteiger partial charge in [-0.25, -0.2) is 0 Å². The molecule has 6 nitrogen and oxygen atoms in total. The molecular formula is C15H34O6Si. The highest BCUT2D eigenvalue weighted by Gasteiger charge is 2.31. The Labute approximate surface area is 137 Å². The second kappa shape index (κ2) is 11.5. The van der Waals surface area contributed by atoms with Gasteiger partial charge in [0.1, 0.15) is 0 Å². The van der Waals surface area contributed by atoms with Gasteiger partial charge < -0.3 is 27.5 Å². The molecule has 0 saturated heterocycles. The van der Waals surface area contributed by atoms with Crippen LogP contribution in [0, 0.1) is 17.8 Å². The van der Waals surface area contributed by atoms with E-state index in [1.807, 2.05) is 41.5 Å². The highest BCUT2D eigenvalue weighted by atomic mass is 28.3. The minimum absolute atomic E-state index is 0.187. The van der Waals surface area contributed by atoms with Crippen molar-refractivity contribution < 1.29 is 27.5 Å². The van der Waals surface area contributed by atoms with E-state index in [9.17, 15) is 0 Å². The summed E-state index contributed by atoms with van der Waals surface area (Å²) in [7, 11) is 2.34. The maximum absolute atomic E-state index is 5.94. The standard InChI is InChI=1S/C15H34O6Si/c1-10(2)13(16-7)19-22(20-14(17-8)11(3)4)21-15(18-9)12(5)6/h10-15,22H,1-9H3. The summed E-state index contributed by atoms with van der Waals surface area (Å²) in [6, 6.07) is 0. The smallest absolute Gasteiger partial charge is 0.357 e. The topological polar surface area (TPSA) is 55.4 Å². The first-order valence-electron chi connectivity index (χ1n) is 7.81. The summed E-state index contributed by atoms with van der Waals surface area (Å²) in [5.74, 6) is 0.562. The maximum Gasteiger partial charge on any atom is 0.490 e. The molecule has 22 heavy (non-hydrogen) atoms. The van der Waals surface area contributed by atoms with E-state index < -0.39 is 9.53 Å². The molecule has 0 N–H and O–H groups in total. The van der Waals surface area contributed by atoms with Crippen molar-refractivity contribution in [2.24, 2.45) is 17.8 Å². The monoisotopic (exact) mass is 338 g/mol. The van der Waals surface area contributed by atoms with Crippen LogP contribution in [0.25, 0.3) is 0 Å². The van der Waals surface area contributed by atoms with Gasteiger partial charge in [-0.1, -0.05) is 41.5 Å². The number of ether oxygens (including phenoxy) is 3. The molecule has 0 aliphatic rings. The SMILES string of the molecule is COC(O[SiH](OC(OC)C(C)C)OC(OC)C(C)C)C(C)C. The molecular weight excluding hydrogens is 304 g/mol. The molecule has 3 atom stereocenters. The summed E-state index contributed by atoms with van der Waals surface area (Å²) >= 11 is 0. The van der Waals surface area contributed by atoms with Crippen LogP contribution in [0.5, 0.6) is 0 Å². The molecule has 0 aromatic carbocycles. The maximum atomic E-state index is 5.94. The first-order chi connectivity index (χ1) is 10.3. The van der Waals surface area contributed by atoms with Gasteiger partial charge in [-0.3, -0.25) is 0 Å². The molecule has 0 radical (unpaired) electrons. The first kappa shape index (κ1) is 22.0. The van der Waals surface area contributed by atoms with Gasteiger partial charge in [-0.15, -0.1) is 0 Å². The van der Waals surface area contributed by atoms with Gasteiger partial charge in [0.2, 0.25) is 0 Å². The number of hydrogen-bond acceptors (Lipinski definition) is 6. The van der Waals surface area contributed by atoms with Crippen LogP contribution in [0.2, 0.25) is 0 Å². The van der Waals surface area contributed by atoms with Crippen LogP contribution in [0.4, 0.5) is 0 Å². The Morgan fingerprint density at radius 2 is 0.727 bits per heavy atom. The van der Waals surface area contributed by atoms with Gasteiger partial charge in [0.05, 0.1) is 0 Å². The predicted octanol–water partition coefficient (Wildman–Crippen LogP) is 2.64. The summed E-state index contributed by atoms with van der Waals surface area (Å²) in [6.07, 6.45) is -1.15. The van der Waals surface area contributed by atoms with Crippen molar-refractivity contribution in [3.8, 4) is 0 Å². The fraction of sp³-hybridized carbons (Fsp3) is 1.00. The van der Waals surface area contributed by atoms with Gasteiger partial charge in [0.25, 0.3) is 0 Å². The van der Waals surface area contributed by atoms with Gasteiger partial charge >= 0.3 is 9.53 Å². The van der Waals surface area contributed by atoms with E-state index in [1.54, 1.807) is 21.3 Å². The van der Waals surface area contributed by atoms with E-state index in [0.717, 1.165) is 0 Å². The first-order valence-corrected chi connectivity index (χ1v) is 9.22. The zero-order chi connectivity index (χ0) is 17.3. The molecule has 0 amide bonds. The van der Waals surface area contributed by atoms with Gasteiger partial charge in [0.15, 0.2) is 18.9 Å². The Hall–Kier alpha value is -0.0231. The molecule has 134 valence electrons. The van der Waals surface area contributed by atoms with Crippen molar-refractivity contribution in [2.75, 3.05) is 21.3 Å². The van der Waals surface area contributed by atoms with Crippen LogP contribution in [-0.2, 0) is 27.5 Å². The summed E-state index contributed by atoms with van der Waals surface area (Å²) in [5, 5.41) is 0. The van der Waals surface area contributed by atoms with Crippen molar-refractivity contribution in [3.05, 3.63) is 0 Å². The lowest BCUT2D eigenvalue weighted by Gasteiger charge is -2.31. The van der Waals surface area contributed by atoms with E-state index in [-0.39, 0.29) is 36.6 Å². The van der Waals surface area contributed by atoms with Gasteiger partial charge in [-0.05, 0) is 0 Å².